The van der Waals surface area contributed by atoms with Gasteiger partial charge in [0.1, 0.15) is 0 Å². The summed E-state index contributed by atoms with van der Waals surface area (Å²) in [6.07, 6.45) is 0. The molecule has 0 aromatic carbocycles. The van der Waals surface area contributed by atoms with Gasteiger partial charge in [0, 0.05) is 0 Å². The molecule has 0 aliphatic carbocycles. The quantitative estimate of drug-likeness (QED) is 0.275. The summed E-state index contributed by atoms with van der Waals surface area (Å²) in [4.78, 5) is 15.5. The Labute approximate surface area is 80.6 Å². The summed E-state index contributed by atoms with van der Waals surface area (Å²) in [7, 11) is 0. The Balaban J connectivity index is 0.000000128. The van der Waals surface area contributed by atoms with E-state index in [0.29, 0.717) is 0 Å². The summed E-state index contributed by atoms with van der Waals surface area (Å²) < 4.78 is 0. The maximum atomic E-state index is 3.88. The van der Waals surface area contributed by atoms with Crippen molar-refractivity contribution in [3.63, 3.8) is 0 Å². The fraction of sp³-hybridized carbons (Fsp3) is 0. The second-order valence-corrected chi connectivity index (χ2v) is 0.713. The van der Waals surface area contributed by atoms with Gasteiger partial charge >= 0.3 is 37.7 Å². The molecule has 7 heteroatoms. The van der Waals surface area contributed by atoms with Gasteiger partial charge in [-0.1, -0.05) is 0 Å². The van der Waals surface area contributed by atoms with E-state index in [0.717, 1.165) is 13.6 Å². The second-order valence-electron chi connectivity index (χ2n) is 0.713. The molecule has 2 aliphatic heterocycles. The van der Waals surface area contributed by atoms with Crippen molar-refractivity contribution in [1.29, 1.82) is 0 Å². The molecule has 0 saturated carbocycles. The topological polar surface area (TPSA) is 55.4 Å². The van der Waals surface area contributed by atoms with E-state index in [1.807, 2.05) is 0 Å². The van der Waals surface area contributed by atoms with Crippen LogP contribution in [0.3, 0.4) is 0 Å². The first-order valence-electron chi connectivity index (χ1n) is 1.61. The van der Waals surface area contributed by atoms with E-state index < -0.39 is 0 Å². The Morgan fingerprint density at radius 1 is 0.667 bits per heavy atom. The van der Waals surface area contributed by atoms with Crippen molar-refractivity contribution >= 4 is 37.7 Å². The van der Waals surface area contributed by atoms with Crippen molar-refractivity contribution in [3.8, 4) is 0 Å². The molecular weight excluding hydrogens is 160 g/mol. The first-order valence-corrected chi connectivity index (χ1v) is 1.61. The van der Waals surface area contributed by atoms with Crippen molar-refractivity contribution < 1.29 is 29.6 Å². The minimum atomic E-state index is 0. The van der Waals surface area contributed by atoms with Crippen LogP contribution >= 0.6 is 0 Å². The molecule has 6 nitrogen and oxygen atoms in total. The van der Waals surface area contributed by atoms with Crippen LogP contribution < -0.4 is 0 Å². The zero-order valence-electron chi connectivity index (χ0n) is 4.31. The first kappa shape index (κ1) is 10.0. The van der Waals surface area contributed by atoms with Gasteiger partial charge in [0.05, 0.1) is 0 Å². The molecule has 2 rings (SSSR count). The van der Waals surface area contributed by atoms with Crippen molar-refractivity contribution in [2.45, 2.75) is 0 Å². The van der Waals surface area contributed by atoms with Crippen LogP contribution in [0.1, 0.15) is 0 Å². The van der Waals surface area contributed by atoms with Crippen molar-refractivity contribution in [1.82, 2.24) is 0 Å². The van der Waals surface area contributed by atoms with Gasteiger partial charge < -0.3 is 19.6 Å². The van der Waals surface area contributed by atoms with Gasteiger partial charge in [-0.3, -0.25) is 0 Å². The van der Waals surface area contributed by atoms with E-state index >= 15 is 0 Å². The third-order valence-electron chi connectivity index (χ3n) is 0.314. The Hall–Kier alpha value is 1.02. The SMILES string of the molecule is [CH-]1OOO1.[CH-]1OOO1.[Ca+2]. The molecule has 2 saturated heterocycles. The smallest absolute Gasteiger partial charge is 0.354 e. The Morgan fingerprint density at radius 2 is 0.778 bits per heavy atom. The molecule has 0 atom stereocenters. The van der Waals surface area contributed by atoms with E-state index in [4.69, 9.17) is 0 Å². The predicted octanol–water partition coefficient (Wildman–Crippen LogP) is -0.383. The zero-order chi connectivity index (χ0) is 5.66. The summed E-state index contributed by atoms with van der Waals surface area (Å²) in [6.45, 7) is 2.17. The monoisotopic (exact) mass is 162 g/mol. The molecule has 0 radical (unpaired) electrons. The number of hydrogen-bond acceptors (Lipinski definition) is 6. The van der Waals surface area contributed by atoms with Crippen LogP contribution in [0.4, 0.5) is 0 Å². The first-order chi connectivity index (χ1) is 4.00. The van der Waals surface area contributed by atoms with Crippen LogP contribution in [0.15, 0.2) is 0 Å². The fourth-order valence-electron chi connectivity index (χ4n) is 0.0786. The minimum Gasteiger partial charge on any atom is -0.354 e. The van der Waals surface area contributed by atoms with Gasteiger partial charge in [0.15, 0.2) is 0 Å². The molecule has 2 fully saturated rings. The molecule has 2 heterocycles. The van der Waals surface area contributed by atoms with Crippen LogP contribution in [0, 0.1) is 13.6 Å². The van der Waals surface area contributed by atoms with Crippen molar-refractivity contribution in [2.75, 3.05) is 0 Å². The maximum absolute atomic E-state index is 3.88. The third-order valence-corrected chi connectivity index (χ3v) is 0.314. The van der Waals surface area contributed by atoms with Crippen molar-refractivity contribution in [2.24, 2.45) is 0 Å². The Kier molecular flexibility index (Phi) is 7.94. The summed E-state index contributed by atoms with van der Waals surface area (Å²) in [5.41, 5.74) is 0. The fourth-order valence-corrected chi connectivity index (χ4v) is 0.0786. The molecule has 0 aromatic rings. The van der Waals surface area contributed by atoms with Gasteiger partial charge in [0.2, 0.25) is 0 Å². The second kappa shape index (κ2) is 7.13. The minimum absolute atomic E-state index is 0. The third kappa shape index (κ3) is 5.46. The van der Waals surface area contributed by atoms with Gasteiger partial charge in [-0.2, -0.15) is 0 Å². The molecule has 9 heavy (non-hydrogen) atoms. The van der Waals surface area contributed by atoms with Crippen LogP contribution in [0.25, 0.3) is 0 Å². The van der Waals surface area contributed by atoms with E-state index in [2.05, 4.69) is 29.6 Å². The van der Waals surface area contributed by atoms with Crippen LogP contribution in [-0.4, -0.2) is 37.7 Å². The summed E-state index contributed by atoms with van der Waals surface area (Å²) in [5, 5.41) is 7.33. The van der Waals surface area contributed by atoms with Crippen LogP contribution in [0.5, 0.6) is 0 Å². The van der Waals surface area contributed by atoms with Gasteiger partial charge in [-0.15, -0.1) is 10.1 Å². The summed E-state index contributed by atoms with van der Waals surface area (Å²) >= 11 is 0. The Morgan fingerprint density at radius 3 is 0.778 bits per heavy atom. The molecule has 0 aromatic heterocycles. The molecule has 0 bridgehead atoms. The summed E-state index contributed by atoms with van der Waals surface area (Å²) in [5.74, 6) is 0. The van der Waals surface area contributed by atoms with Gasteiger partial charge in [0.25, 0.3) is 0 Å². The van der Waals surface area contributed by atoms with E-state index in [1.165, 1.54) is 0 Å². The molecule has 2 aliphatic rings. The molecule has 0 N–H and O–H groups in total. The average Bonchev–Trinajstić information content (AvgIpc) is 1.12. The molecular formula is C2H2CaO6. The number of hydrogen-bond donors (Lipinski definition) is 0. The van der Waals surface area contributed by atoms with Gasteiger partial charge in [-0.25, -0.2) is 0 Å². The van der Waals surface area contributed by atoms with Crippen LogP contribution in [-0.2, 0) is 29.6 Å². The van der Waals surface area contributed by atoms with E-state index in [-0.39, 0.29) is 37.7 Å². The molecule has 0 amide bonds. The van der Waals surface area contributed by atoms with Crippen molar-refractivity contribution in [3.05, 3.63) is 13.6 Å². The zero-order valence-corrected chi connectivity index (χ0v) is 6.52. The van der Waals surface area contributed by atoms with Crippen LogP contribution in [0.2, 0.25) is 0 Å². The normalized spacial score (nSPS) is 21.3. The van der Waals surface area contributed by atoms with Gasteiger partial charge in [-0.05, 0) is 13.6 Å². The maximum Gasteiger partial charge on any atom is 2.00 e. The Bertz CT molecular complexity index is 35.0. The van der Waals surface area contributed by atoms with E-state index in [1.54, 1.807) is 0 Å². The molecule has 0 spiro atoms. The van der Waals surface area contributed by atoms with E-state index in [9.17, 15) is 0 Å². The molecule has 48 valence electrons. The largest absolute Gasteiger partial charge is 2.00 e. The summed E-state index contributed by atoms with van der Waals surface area (Å²) in [6, 6.07) is 0. The standard InChI is InChI=1S/2CHO3.Ca/c2*1-2-4-3-1;/h2*1H;/q2*-1;+2. The predicted molar refractivity (Wildman–Crippen MR) is 20.9 cm³/mol. The molecule has 0 unspecified atom stereocenters. The average molecular weight is 162 g/mol. The number of rotatable bonds is 0.